The first-order valence-corrected chi connectivity index (χ1v) is 9.17. The molecule has 136 valence electrons. The average molecular weight is 379 g/mol. The van der Waals surface area contributed by atoms with Gasteiger partial charge in [-0.05, 0) is 60.0 Å². The molecule has 0 radical (unpaired) electrons. The minimum absolute atomic E-state index is 0.169. The second kappa shape index (κ2) is 7.13. The smallest absolute Gasteiger partial charge is 0.349 e. The van der Waals surface area contributed by atoms with E-state index in [1.54, 1.807) is 6.07 Å². The van der Waals surface area contributed by atoms with Gasteiger partial charge in [-0.1, -0.05) is 0 Å². The molecule has 0 spiro atoms. The van der Waals surface area contributed by atoms with Gasteiger partial charge in [0.05, 0.1) is 5.39 Å². The Bertz CT molecular complexity index is 1120. The summed E-state index contributed by atoms with van der Waals surface area (Å²) in [5, 5.41) is 5.32. The fourth-order valence-corrected chi connectivity index (χ4v) is 3.28. The molecule has 4 rings (SSSR count). The number of thiophene rings is 1. The predicted octanol–water partition coefficient (Wildman–Crippen LogP) is 4.85. The summed E-state index contributed by atoms with van der Waals surface area (Å²) in [5.41, 5.74) is 1.46. The van der Waals surface area contributed by atoms with Crippen molar-refractivity contribution in [3.8, 4) is 11.5 Å². The maximum atomic E-state index is 11.9. The van der Waals surface area contributed by atoms with Crippen molar-refractivity contribution in [3.63, 3.8) is 0 Å². The molecule has 6 nitrogen and oxygen atoms in total. The molecule has 0 aliphatic rings. The van der Waals surface area contributed by atoms with E-state index in [2.05, 4.69) is 10.3 Å². The summed E-state index contributed by atoms with van der Waals surface area (Å²) in [5.74, 6) is 1.47. The van der Waals surface area contributed by atoms with E-state index in [9.17, 15) is 4.79 Å². The third kappa shape index (κ3) is 3.78. The lowest BCUT2D eigenvalue weighted by molar-refractivity contribution is 0.482. The van der Waals surface area contributed by atoms with E-state index in [4.69, 9.17) is 9.15 Å². The lowest BCUT2D eigenvalue weighted by atomic mass is 10.2. The number of ether oxygens (including phenoxy) is 1. The Balaban J connectivity index is 1.47. The molecule has 7 heteroatoms. The van der Waals surface area contributed by atoms with E-state index in [0.717, 1.165) is 17.1 Å². The van der Waals surface area contributed by atoms with Gasteiger partial charge in [-0.15, -0.1) is 11.3 Å². The van der Waals surface area contributed by atoms with Gasteiger partial charge in [0, 0.05) is 25.5 Å². The number of fused-ring (bicyclic) bond motifs is 1. The Morgan fingerprint density at radius 2 is 1.67 bits per heavy atom. The zero-order chi connectivity index (χ0) is 18.8. The van der Waals surface area contributed by atoms with Crippen LogP contribution in [0.5, 0.6) is 11.5 Å². The number of rotatable bonds is 5. The SMILES string of the molecule is CN(C)c1ccc(Oc2ccc(Nc3nc4sccc4c(=O)o3)cc2)cc1. The first-order valence-electron chi connectivity index (χ1n) is 8.29. The predicted molar refractivity (Wildman–Crippen MR) is 109 cm³/mol. The van der Waals surface area contributed by atoms with Gasteiger partial charge >= 0.3 is 11.6 Å². The molecule has 0 unspecified atom stereocenters. The quantitative estimate of drug-likeness (QED) is 0.535. The Hall–Kier alpha value is -3.32. The van der Waals surface area contributed by atoms with E-state index in [0.29, 0.717) is 16.0 Å². The number of hydrogen-bond donors (Lipinski definition) is 1. The largest absolute Gasteiger partial charge is 0.457 e. The van der Waals surface area contributed by atoms with Crippen molar-refractivity contribution in [2.45, 2.75) is 0 Å². The van der Waals surface area contributed by atoms with E-state index in [1.165, 1.54) is 11.3 Å². The number of anilines is 3. The standard InChI is InChI=1S/C20H17N3O3S/c1-23(2)14-5-9-16(10-6-14)25-15-7-3-13(4-8-15)21-20-22-18-17(11-12-27-18)19(24)26-20/h3-12H,1-2H3,(H,21,22). The molecule has 2 aromatic carbocycles. The molecule has 0 aliphatic heterocycles. The topological polar surface area (TPSA) is 67.6 Å². The number of nitrogens with one attached hydrogen (secondary N) is 1. The fourth-order valence-electron chi connectivity index (χ4n) is 2.53. The zero-order valence-corrected chi connectivity index (χ0v) is 15.6. The molecule has 0 atom stereocenters. The van der Waals surface area contributed by atoms with Crippen LogP contribution in [0.3, 0.4) is 0 Å². The van der Waals surface area contributed by atoms with Crippen LogP contribution in [0.1, 0.15) is 0 Å². The van der Waals surface area contributed by atoms with Crippen LogP contribution >= 0.6 is 11.3 Å². The molecule has 27 heavy (non-hydrogen) atoms. The van der Waals surface area contributed by atoms with Gasteiger partial charge in [0.2, 0.25) is 0 Å². The second-order valence-corrected chi connectivity index (χ2v) is 6.98. The Morgan fingerprint density at radius 3 is 2.33 bits per heavy atom. The van der Waals surface area contributed by atoms with Crippen molar-refractivity contribution in [1.29, 1.82) is 0 Å². The van der Waals surface area contributed by atoms with Crippen molar-refractivity contribution in [2.75, 3.05) is 24.3 Å². The van der Waals surface area contributed by atoms with Crippen molar-refractivity contribution < 1.29 is 9.15 Å². The first kappa shape index (κ1) is 17.1. The monoisotopic (exact) mass is 379 g/mol. The fraction of sp³-hybridized carbons (Fsp3) is 0.100. The molecule has 0 saturated carbocycles. The normalized spacial score (nSPS) is 10.7. The summed E-state index contributed by atoms with van der Waals surface area (Å²) < 4.78 is 11.1. The summed E-state index contributed by atoms with van der Waals surface area (Å²) >= 11 is 1.40. The van der Waals surface area contributed by atoms with Gasteiger partial charge in [-0.25, -0.2) is 4.79 Å². The van der Waals surface area contributed by atoms with Crippen LogP contribution in [0.4, 0.5) is 17.4 Å². The average Bonchev–Trinajstić information content (AvgIpc) is 3.13. The summed E-state index contributed by atoms with van der Waals surface area (Å²) in [7, 11) is 3.99. The van der Waals surface area contributed by atoms with E-state index in [-0.39, 0.29) is 6.01 Å². The minimum Gasteiger partial charge on any atom is -0.457 e. The lowest BCUT2D eigenvalue weighted by Gasteiger charge is -2.13. The van der Waals surface area contributed by atoms with E-state index in [1.807, 2.05) is 72.9 Å². The van der Waals surface area contributed by atoms with Crippen molar-refractivity contribution >= 4 is 38.9 Å². The third-order valence-electron chi connectivity index (χ3n) is 3.95. The van der Waals surface area contributed by atoms with Gasteiger partial charge in [-0.3, -0.25) is 0 Å². The van der Waals surface area contributed by atoms with Crippen LogP contribution in [0.25, 0.3) is 10.2 Å². The second-order valence-electron chi connectivity index (χ2n) is 6.09. The maximum absolute atomic E-state index is 11.9. The highest BCUT2D eigenvalue weighted by molar-refractivity contribution is 7.16. The van der Waals surface area contributed by atoms with Crippen LogP contribution in [0, 0.1) is 0 Å². The van der Waals surface area contributed by atoms with Gasteiger partial charge in [0.15, 0.2) is 0 Å². The molecule has 0 saturated heterocycles. The Kier molecular flexibility index (Phi) is 4.52. The molecule has 1 N–H and O–H groups in total. The molecular weight excluding hydrogens is 362 g/mol. The number of benzene rings is 2. The summed E-state index contributed by atoms with van der Waals surface area (Å²) in [6.45, 7) is 0. The molecule has 2 aromatic heterocycles. The summed E-state index contributed by atoms with van der Waals surface area (Å²) in [6.07, 6.45) is 0. The first-order chi connectivity index (χ1) is 13.1. The summed E-state index contributed by atoms with van der Waals surface area (Å²) in [4.78, 5) is 18.9. The van der Waals surface area contributed by atoms with Crippen molar-refractivity contribution in [3.05, 3.63) is 70.4 Å². The molecule has 4 aromatic rings. The molecule has 2 heterocycles. The molecule has 0 fully saturated rings. The van der Waals surface area contributed by atoms with Crippen molar-refractivity contribution in [1.82, 2.24) is 4.98 Å². The third-order valence-corrected chi connectivity index (χ3v) is 4.76. The van der Waals surface area contributed by atoms with Crippen LogP contribution < -0.4 is 20.6 Å². The number of aromatic nitrogens is 1. The van der Waals surface area contributed by atoms with Crippen LogP contribution in [-0.4, -0.2) is 19.1 Å². The molecule has 0 bridgehead atoms. The Labute approximate surface area is 159 Å². The molecular formula is C20H17N3O3S. The van der Waals surface area contributed by atoms with Crippen LogP contribution in [0.15, 0.2) is 69.2 Å². The van der Waals surface area contributed by atoms with Gasteiger partial charge < -0.3 is 19.4 Å². The molecule has 0 aliphatic carbocycles. The maximum Gasteiger partial charge on any atom is 0.349 e. The highest BCUT2D eigenvalue weighted by atomic mass is 32.1. The lowest BCUT2D eigenvalue weighted by Crippen LogP contribution is -2.07. The summed E-state index contributed by atoms with van der Waals surface area (Å²) in [6, 6.07) is 17.1. The van der Waals surface area contributed by atoms with E-state index >= 15 is 0 Å². The van der Waals surface area contributed by atoms with Crippen LogP contribution in [0.2, 0.25) is 0 Å². The van der Waals surface area contributed by atoms with E-state index < -0.39 is 5.63 Å². The zero-order valence-electron chi connectivity index (χ0n) is 14.8. The number of hydrogen-bond acceptors (Lipinski definition) is 7. The highest BCUT2D eigenvalue weighted by Gasteiger charge is 2.08. The highest BCUT2D eigenvalue weighted by Crippen LogP contribution is 2.26. The van der Waals surface area contributed by atoms with Gasteiger partial charge in [-0.2, -0.15) is 4.98 Å². The van der Waals surface area contributed by atoms with Gasteiger partial charge in [0.1, 0.15) is 16.3 Å². The van der Waals surface area contributed by atoms with Crippen molar-refractivity contribution in [2.24, 2.45) is 0 Å². The minimum atomic E-state index is -0.398. The number of nitrogens with zero attached hydrogens (tertiary/aromatic N) is 2. The Morgan fingerprint density at radius 1 is 1.00 bits per heavy atom. The van der Waals surface area contributed by atoms with Crippen LogP contribution in [-0.2, 0) is 0 Å². The molecule has 0 amide bonds. The van der Waals surface area contributed by atoms with Gasteiger partial charge in [0.25, 0.3) is 0 Å².